The van der Waals surface area contributed by atoms with Crippen LogP contribution in [-0.4, -0.2) is 26.3 Å². The maximum absolute atomic E-state index is 6.22. The third kappa shape index (κ3) is 3.95. The van der Waals surface area contributed by atoms with Crippen LogP contribution in [0.3, 0.4) is 0 Å². The highest BCUT2D eigenvalue weighted by Gasteiger charge is 2.25. The molecule has 1 fully saturated rings. The molecular weight excluding hydrogens is 238 g/mol. The van der Waals surface area contributed by atoms with Gasteiger partial charge in [-0.1, -0.05) is 25.1 Å². The summed E-state index contributed by atoms with van der Waals surface area (Å²) in [5.74, 6) is 0.921. The summed E-state index contributed by atoms with van der Waals surface area (Å²) in [7, 11) is 1.72. The Hall–Kier alpha value is -1.06. The molecule has 1 aliphatic rings. The zero-order valence-corrected chi connectivity index (χ0v) is 12.0. The molecule has 3 heteroatoms. The second-order valence-corrected chi connectivity index (χ2v) is 5.12. The first-order valence-electron chi connectivity index (χ1n) is 7.34. The summed E-state index contributed by atoms with van der Waals surface area (Å²) < 4.78 is 11.7. The molecule has 0 heterocycles. The van der Waals surface area contributed by atoms with Gasteiger partial charge in [-0.3, -0.25) is 0 Å². The lowest BCUT2D eigenvalue weighted by Crippen LogP contribution is -2.30. The van der Waals surface area contributed by atoms with Crippen molar-refractivity contribution in [1.29, 1.82) is 0 Å². The highest BCUT2D eigenvalue weighted by molar-refractivity contribution is 5.35. The molecule has 1 aliphatic carbocycles. The monoisotopic (exact) mass is 263 g/mol. The number of hydrogen-bond donors (Lipinski definition) is 1. The summed E-state index contributed by atoms with van der Waals surface area (Å²) in [6.07, 6.45) is 5.35. The summed E-state index contributed by atoms with van der Waals surface area (Å²) in [5.41, 5.74) is 1.15. The van der Waals surface area contributed by atoms with Crippen molar-refractivity contribution in [3.63, 3.8) is 0 Å². The molecule has 19 heavy (non-hydrogen) atoms. The molecule has 0 amide bonds. The van der Waals surface area contributed by atoms with E-state index in [-0.39, 0.29) is 6.10 Å². The molecule has 1 N–H and O–H groups in total. The van der Waals surface area contributed by atoms with E-state index in [4.69, 9.17) is 9.47 Å². The van der Waals surface area contributed by atoms with Gasteiger partial charge in [0.1, 0.15) is 5.75 Å². The Labute approximate surface area is 116 Å². The van der Waals surface area contributed by atoms with Crippen LogP contribution in [0.4, 0.5) is 0 Å². The highest BCUT2D eigenvalue weighted by Crippen LogP contribution is 2.32. The Morgan fingerprint density at radius 1 is 1.32 bits per heavy atom. The topological polar surface area (TPSA) is 30.5 Å². The van der Waals surface area contributed by atoms with Crippen LogP contribution < -0.4 is 10.1 Å². The Morgan fingerprint density at radius 2 is 2.11 bits per heavy atom. The molecule has 1 saturated carbocycles. The SMILES string of the molecule is CCCNCC(OC1CCC1)c1ccccc1OC. The highest BCUT2D eigenvalue weighted by atomic mass is 16.5. The summed E-state index contributed by atoms with van der Waals surface area (Å²) in [6, 6.07) is 8.17. The summed E-state index contributed by atoms with van der Waals surface area (Å²) in [4.78, 5) is 0. The molecule has 3 nitrogen and oxygen atoms in total. The standard InChI is InChI=1S/C16H25NO2/c1-3-11-17-12-16(19-13-7-6-8-13)14-9-4-5-10-15(14)18-2/h4-5,9-10,13,16-17H,3,6-8,11-12H2,1-2H3. The smallest absolute Gasteiger partial charge is 0.124 e. The Kier molecular flexibility index (Phi) is 5.67. The van der Waals surface area contributed by atoms with Gasteiger partial charge in [-0.15, -0.1) is 0 Å². The van der Waals surface area contributed by atoms with Crippen molar-refractivity contribution < 1.29 is 9.47 Å². The number of nitrogens with one attached hydrogen (secondary N) is 1. The van der Waals surface area contributed by atoms with Gasteiger partial charge in [0.15, 0.2) is 0 Å². The zero-order chi connectivity index (χ0) is 13.5. The van der Waals surface area contributed by atoms with Crippen LogP contribution in [0.5, 0.6) is 5.75 Å². The first-order valence-corrected chi connectivity index (χ1v) is 7.34. The first kappa shape index (κ1) is 14.4. The lowest BCUT2D eigenvalue weighted by molar-refractivity contribution is -0.0526. The molecule has 0 radical (unpaired) electrons. The maximum Gasteiger partial charge on any atom is 0.124 e. The van der Waals surface area contributed by atoms with E-state index < -0.39 is 0 Å². The van der Waals surface area contributed by atoms with E-state index in [0.717, 1.165) is 30.8 Å². The average Bonchev–Trinajstić information content (AvgIpc) is 2.40. The fourth-order valence-corrected chi connectivity index (χ4v) is 2.31. The van der Waals surface area contributed by atoms with Crippen molar-refractivity contribution in [3.05, 3.63) is 29.8 Å². The van der Waals surface area contributed by atoms with Gasteiger partial charge in [0.25, 0.3) is 0 Å². The number of methoxy groups -OCH3 is 1. The maximum atomic E-state index is 6.22. The zero-order valence-electron chi connectivity index (χ0n) is 12.0. The second kappa shape index (κ2) is 7.51. The van der Waals surface area contributed by atoms with E-state index >= 15 is 0 Å². The van der Waals surface area contributed by atoms with E-state index in [9.17, 15) is 0 Å². The van der Waals surface area contributed by atoms with Gasteiger partial charge in [-0.25, -0.2) is 0 Å². The van der Waals surface area contributed by atoms with E-state index in [1.807, 2.05) is 12.1 Å². The third-order valence-electron chi connectivity index (χ3n) is 3.65. The largest absolute Gasteiger partial charge is 0.496 e. The minimum atomic E-state index is 0.0907. The Bertz CT molecular complexity index is 377. The number of ether oxygens (including phenoxy) is 2. The van der Waals surface area contributed by atoms with Crippen LogP contribution in [0.25, 0.3) is 0 Å². The predicted molar refractivity (Wildman–Crippen MR) is 77.6 cm³/mol. The van der Waals surface area contributed by atoms with Crippen LogP contribution in [0.1, 0.15) is 44.3 Å². The van der Waals surface area contributed by atoms with Crippen LogP contribution in [-0.2, 0) is 4.74 Å². The third-order valence-corrected chi connectivity index (χ3v) is 3.65. The van der Waals surface area contributed by atoms with Gasteiger partial charge in [0, 0.05) is 12.1 Å². The minimum absolute atomic E-state index is 0.0907. The van der Waals surface area contributed by atoms with Gasteiger partial charge in [0.05, 0.1) is 19.3 Å². The van der Waals surface area contributed by atoms with Crippen LogP contribution >= 0.6 is 0 Å². The molecule has 1 atom stereocenters. The van der Waals surface area contributed by atoms with Crippen molar-refractivity contribution >= 4 is 0 Å². The second-order valence-electron chi connectivity index (χ2n) is 5.12. The van der Waals surface area contributed by atoms with Gasteiger partial charge in [-0.2, -0.15) is 0 Å². The average molecular weight is 263 g/mol. The normalized spacial score (nSPS) is 16.9. The molecule has 1 aromatic carbocycles. The van der Waals surface area contributed by atoms with Crippen molar-refractivity contribution in [1.82, 2.24) is 5.32 Å². The molecule has 0 saturated heterocycles. The van der Waals surface area contributed by atoms with Crippen molar-refractivity contribution in [2.45, 2.75) is 44.8 Å². The first-order chi connectivity index (χ1) is 9.35. The number of benzene rings is 1. The number of rotatable bonds is 8. The molecular formula is C16H25NO2. The van der Waals surface area contributed by atoms with Gasteiger partial charge < -0.3 is 14.8 Å². The van der Waals surface area contributed by atoms with Gasteiger partial charge in [-0.05, 0) is 38.3 Å². The number of hydrogen-bond acceptors (Lipinski definition) is 3. The molecule has 0 spiro atoms. The fraction of sp³-hybridized carbons (Fsp3) is 0.625. The molecule has 0 bridgehead atoms. The van der Waals surface area contributed by atoms with E-state index in [0.29, 0.717) is 6.10 Å². The predicted octanol–water partition coefficient (Wildman–Crippen LogP) is 3.31. The Morgan fingerprint density at radius 3 is 2.74 bits per heavy atom. The molecule has 2 rings (SSSR count). The fourth-order valence-electron chi connectivity index (χ4n) is 2.31. The van der Waals surface area contributed by atoms with Gasteiger partial charge >= 0.3 is 0 Å². The Balaban J connectivity index is 2.05. The van der Waals surface area contributed by atoms with E-state index in [1.54, 1.807) is 7.11 Å². The molecule has 106 valence electrons. The molecule has 1 aromatic rings. The van der Waals surface area contributed by atoms with E-state index in [1.165, 1.54) is 19.3 Å². The lowest BCUT2D eigenvalue weighted by Gasteiger charge is -2.31. The molecule has 0 aliphatic heterocycles. The molecule has 1 unspecified atom stereocenters. The lowest BCUT2D eigenvalue weighted by atomic mass is 9.95. The van der Waals surface area contributed by atoms with Crippen molar-refractivity contribution in [2.75, 3.05) is 20.2 Å². The summed E-state index contributed by atoms with van der Waals surface area (Å²) >= 11 is 0. The quantitative estimate of drug-likeness (QED) is 0.730. The van der Waals surface area contributed by atoms with Crippen LogP contribution in [0.15, 0.2) is 24.3 Å². The van der Waals surface area contributed by atoms with Crippen LogP contribution in [0.2, 0.25) is 0 Å². The van der Waals surface area contributed by atoms with Gasteiger partial charge in [0.2, 0.25) is 0 Å². The minimum Gasteiger partial charge on any atom is -0.496 e. The van der Waals surface area contributed by atoms with Crippen molar-refractivity contribution in [3.8, 4) is 5.75 Å². The van der Waals surface area contributed by atoms with E-state index in [2.05, 4.69) is 24.4 Å². The number of para-hydroxylation sites is 1. The summed E-state index contributed by atoms with van der Waals surface area (Å²) in [5, 5.41) is 3.46. The summed E-state index contributed by atoms with van der Waals surface area (Å²) in [6.45, 7) is 4.06. The molecule has 0 aromatic heterocycles. The van der Waals surface area contributed by atoms with Crippen molar-refractivity contribution in [2.24, 2.45) is 0 Å². The van der Waals surface area contributed by atoms with Crippen LogP contribution in [0, 0.1) is 0 Å².